The van der Waals surface area contributed by atoms with Crippen molar-refractivity contribution in [3.8, 4) is 10.4 Å². The number of thiophene rings is 1. The SMILES string of the molecule is CCNC(=O)c1c(NC(=O)c2ccc(-c3cn[nH]c3)s2)[nH]c2cc(N(C)C(=O)COC)ccc12. The third kappa shape index (κ3) is 4.56. The third-order valence-corrected chi connectivity index (χ3v) is 6.36. The molecule has 34 heavy (non-hydrogen) atoms. The molecule has 1 aromatic carbocycles. The molecule has 0 saturated carbocycles. The Balaban J connectivity index is 1.67. The van der Waals surface area contributed by atoms with E-state index < -0.39 is 0 Å². The van der Waals surface area contributed by atoms with Crippen molar-refractivity contribution in [1.29, 1.82) is 0 Å². The van der Waals surface area contributed by atoms with Gasteiger partial charge >= 0.3 is 0 Å². The number of hydrogen-bond acceptors (Lipinski definition) is 6. The van der Waals surface area contributed by atoms with Gasteiger partial charge in [-0.15, -0.1) is 11.3 Å². The highest BCUT2D eigenvalue weighted by Crippen LogP contribution is 2.32. The minimum atomic E-state index is -0.343. The predicted octanol–water partition coefficient (Wildman–Crippen LogP) is 3.23. The molecule has 0 radical (unpaired) electrons. The molecular formula is C23H24N6O4S. The van der Waals surface area contributed by atoms with Gasteiger partial charge in [-0.2, -0.15) is 5.10 Å². The molecule has 0 spiro atoms. The molecule has 176 valence electrons. The van der Waals surface area contributed by atoms with Crippen molar-refractivity contribution in [2.24, 2.45) is 0 Å². The molecule has 3 aromatic heterocycles. The van der Waals surface area contributed by atoms with Crippen molar-refractivity contribution >= 4 is 51.5 Å². The molecule has 4 N–H and O–H groups in total. The molecule has 3 amide bonds. The summed E-state index contributed by atoms with van der Waals surface area (Å²) >= 11 is 1.32. The van der Waals surface area contributed by atoms with Crippen LogP contribution in [-0.4, -0.2) is 60.2 Å². The number of ether oxygens (including phenoxy) is 1. The van der Waals surface area contributed by atoms with E-state index in [1.54, 1.807) is 43.7 Å². The number of aromatic nitrogens is 3. The van der Waals surface area contributed by atoms with E-state index in [9.17, 15) is 14.4 Å². The second kappa shape index (κ2) is 9.89. The largest absolute Gasteiger partial charge is 0.375 e. The Morgan fingerprint density at radius 1 is 1.18 bits per heavy atom. The molecule has 0 fully saturated rings. The molecule has 0 atom stereocenters. The molecule has 0 unspecified atom stereocenters. The van der Waals surface area contributed by atoms with Crippen LogP contribution in [0.1, 0.15) is 27.0 Å². The number of anilines is 2. The molecular weight excluding hydrogens is 456 g/mol. The topological polar surface area (TPSA) is 132 Å². The van der Waals surface area contributed by atoms with Gasteiger partial charge in [-0.3, -0.25) is 19.5 Å². The lowest BCUT2D eigenvalue weighted by Gasteiger charge is -2.16. The van der Waals surface area contributed by atoms with Gasteiger partial charge in [0.2, 0.25) is 0 Å². The molecule has 0 bridgehead atoms. The summed E-state index contributed by atoms with van der Waals surface area (Å²) in [5.41, 5.74) is 2.45. The van der Waals surface area contributed by atoms with Crippen LogP contribution in [0, 0.1) is 0 Å². The number of aromatic amines is 2. The first-order valence-electron chi connectivity index (χ1n) is 10.5. The summed E-state index contributed by atoms with van der Waals surface area (Å²) in [4.78, 5) is 44.0. The van der Waals surface area contributed by atoms with Gasteiger partial charge in [-0.05, 0) is 37.3 Å². The van der Waals surface area contributed by atoms with Crippen LogP contribution in [0.15, 0.2) is 42.7 Å². The monoisotopic (exact) mass is 480 g/mol. The second-order valence-corrected chi connectivity index (χ2v) is 8.54. The van der Waals surface area contributed by atoms with Crippen molar-refractivity contribution in [3.63, 3.8) is 0 Å². The van der Waals surface area contributed by atoms with Gasteiger partial charge < -0.3 is 25.3 Å². The Kier molecular flexibility index (Phi) is 6.75. The van der Waals surface area contributed by atoms with Crippen LogP contribution in [-0.2, 0) is 9.53 Å². The molecule has 3 heterocycles. The number of benzene rings is 1. The Morgan fingerprint density at radius 3 is 2.71 bits per heavy atom. The summed E-state index contributed by atoms with van der Waals surface area (Å²) in [6, 6.07) is 8.82. The number of amides is 3. The molecule has 10 nitrogen and oxygen atoms in total. The molecule has 4 rings (SSSR count). The normalized spacial score (nSPS) is 10.9. The Hall–Kier alpha value is -3.96. The van der Waals surface area contributed by atoms with Crippen molar-refractivity contribution in [2.75, 3.05) is 37.5 Å². The maximum Gasteiger partial charge on any atom is 0.266 e. The van der Waals surface area contributed by atoms with E-state index in [0.717, 1.165) is 10.4 Å². The van der Waals surface area contributed by atoms with Crippen molar-refractivity contribution in [1.82, 2.24) is 20.5 Å². The van der Waals surface area contributed by atoms with Crippen molar-refractivity contribution < 1.29 is 19.1 Å². The lowest BCUT2D eigenvalue weighted by atomic mass is 10.1. The predicted molar refractivity (Wildman–Crippen MR) is 131 cm³/mol. The Labute approximate surface area is 199 Å². The molecule has 0 aliphatic rings. The fourth-order valence-electron chi connectivity index (χ4n) is 3.51. The first-order chi connectivity index (χ1) is 16.4. The number of methoxy groups -OCH3 is 1. The first kappa shape index (κ1) is 23.2. The second-order valence-electron chi connectivity index (χ2n) is 7.46. The van der Waals surface area contributed by atoms with E-state index in [1.807, 2.05) is 13.0 Å². The highest BCUT2D eigenvalue weighted by Gasteiger charge is 2.22. The Morgan fingerprint density at radius 2 is 2.00 bits per heavy atom. The van der Waals surface area contributed by atoms with Gasteiger partial charge in [0.05, 0.1) is 16.6 Å². The maximum atomic E-state index is 13.0. The maximum absolute atomic E-state index is 13.0. The third-order valence-electron chi connectivity index (χ3n) is 5.23. The molecule has 4 aromatic rings. The van der Waals surface area contributed by atoms with Gasteiger partial charge in [0.15, 0.2) is 0 Å². The van der Waals surface area contributed by atoms with Crippen LogP contribution in [0.3, 0.4) is 0 Å². The van der Waals surface area contributed by atoms with E-state index in [1.165, 1.54) is 23.3 Å². The van der Waals surface area contributed by atoms with Crippen LogP contribution in [0.5, 0.6) is 0 Å². The van der Waals surface area contributed by atoms with Gasteiger partial charge in [0, 0.05) is 53.9 Å². The van der Waals surface area contributed by atoms with E-state index >= 15 is 0 Å². The quantitative estimate of drug-likeness (QED) is 0.307. The van der Waals surface area contributed by atoms with Crippen LogP contribution in [0.2, 0.25) is 0 Å². The molecule has 11 heteroatoms. The van der Waals surface area contributed by atoms with E-state index in [4.69, 9.17) is 4.74 Å². The summed E-state index contributed by atoms with van der Waals surface area (Å²) in [6.07, 6.45) is 3.44. The summed E-state index contributed by atoms with van der Waals surface area (Å²) in [7, 11) is 3.10. The summed E-state index contributed by atoms with van der Waals surface area (Å²) < 4.78 is 4.92. The van der Waals surface area contributed by atoms with Crippen LogP contribution < -0.4 is 15.5 Å². The number of hydrogen-bond donors (Lipinski definition) is 4. The zero-order valence-corrected chi connectivity index (χ0v) is 19.7. The van der Waals surface area contributed by atoms with Gasteiger partial charge in [0.25, 0.3) is 17.7 Å². The lowest BCUT2D eigenvalue weighted by molar-refractivity contribution is -0.121. The Bertz CT molecular complexity index is 1340. The average molecular weight is 481 g/mol. The van der Waals surface area contributed by atoms with E-state index in [0.29, 0.717) is 33.6 Å². The highest BCUT2D eigenvalue weighted by molar-refractivity contribution is 7.17. The summed E-state index contributed by atoms with van der Waals surface area (Å²) in [5, 5.41) is 12.9. The number of H-pyrrole nitrogens is 2. The van der Waals surface area contributed by atoms with Crippen LogP contribution in [0.25, 0.3) is 21.3 Å². The highest BCUT2D eigenvalue weighted by atomic mass is 32.1. The van der Waals surface area contributed by atoms with Crippen LogP contribution >= 0.6 is 11.3 Å². The fraction of sp³-hybridized carbons (Fsp3) is 0.217. The van der Waals surface area contributed by atoms with Gasteiger partial charge in [0.1, 0.15) is 12.4 Å². The standard InChI is InChI=1S/C23H24N6O4S/c1-4-24-23(32)20-15-6-5-14(29(2)19(30)12-33-3)9-16(15)27-21(20)28-22(31)18-8-7-17(34-18)13-10-25-26-11-13/h5-11,27H,4,12H2,1-3H3,(H,24,32)(H,25,26)(H,28,31). The average Bonchev–Trinajstić information content (AvgIpc) is 3.57. The van der Waals surface area contributed by atoms with E-state index in [-0.39, 0.29) is 30.1 Å². The minimum absolute atomic E-state index is 0.0493. The smallest absolute Gasteiger partial charge is 0.266 e. The summed E-state index contributed by atoms with van der Waals surface area (Å²) in [6.45, 7) is 2.21. The number of likely N-dealkylation sites (N-methyl/N-ethyl adjacent to an activating group) is 1. The molecule has 0 aliphatic heterocycles. The van der Waals surface area contributed by atoms with Crippen molar-refractivity contribution in [3.05, 3.63) is 53.2 Å². The fourth-order valence-corrected chi connectivity index (χ4v) is 4.40. The van der Waals surface area contributed by atoms with Crippen LogP contribution in [0.4, 0.5) is 11.5 Å². The number of carbonyl (C=O) groups is 3. The number of nitrogens with one attached hydrogen (secondary N) is 4. The number of nitrogens with zero attached hydrogens (tertiary/aromatic N) is 2. The first-order valence-corrected chi connectivity index (χ1v) is 11.3. The molecule has 0 saturated heterocycles. The number of carbonyl (C=O) groups excluding carboxylic acids is 3. The summed E-state index contributed by atoms with van der Waals surface area (Å²) in [5.74, 6) is -0.584. The van der Waals surface area contributed by atoms with Gasteiger partial charge in [-0.25, -0.2) is 0 Å². The zero-order chi connectivity index (χ0) is 24.2. The van der Waals surface area contributed by atoms with Gasteiger partial charge in [-0.1, -0.05) is 0 Å². The zero-order valence-electron chi connectivity index (χ0n) is 18.9. The minimum Gasteiger partial charge on any atom is -0.375 e. The lowest BCUT2D eigenvalue weighted by Crippen LogP contribution is -2.29. The number of rotatable bonds is 8. The van der Waals surface area contributed by atoms with E-state index in [2.05, 4.69) is 25.8 Å². The van der Waals surface area contributed by atoms with Crippen molar-refractivity contribution in [2.45, 2.75) is 6.92 Å². The number of fused-ring (bicyclic) bond motifs is 1. The molecule has 0 aliphatic carbocycles.